The van der Waals surface area contributed by atoms with Gasteiger partial charge in [0.25, 0.3) is 0 Å². The van der Waals surface area contributed by atoms with Crippen molar-refractivity contribution < 1.29 is 33.3 Å². The van der Waals surface area contributed by atoms with E-state index in [1.807, 2.05) is 6.92 Å². The van der Waals surface area contributed by atoms with Crippen molar-refractivity contribution in [1.29, 1.82) is 0 Å². The van der Waals surface area contributed by atoms with Crippen LogP contribution < -0.4 is 0 Å². The number of thioether (sulfide) groups is 1. The van der Waals surface area contributed by atoms with Crippen LogP contribution in [0.25, 0.3) is 0 Å². The fourth-order valence-corrected chi connectivity index (χ4v) is 2.92. The first-order chi connectivity index (χ1) is 9.85. The summed E-state index contributed by atoms with van der Waals surface area (Å²) in [7, 11) is 0. The second-order valence-electron chi connectivity index (χ2n) is 4.45. The van der Waals surface area contributed by atoms with Gasteiger partial charge in [0.2, 0.25) is 0 Å². The van der Waals surface area contributed by atoms with Gasteiger partial charge in [-0.3, -0.25) is 14.4 Å². The van der Waals surface area contributed by atoms with Gasteiger partial charge in [0.1, 0.15) is 5.44 Å². The van der Waals surface area contributed by atoms with Gasteiger partial charge in [-0.1, -0.05) is 6.92 Å². The van der Waals surface area contributed by atoms with E-state index in [2.05, 4.69) is 0 Å². The Balaban J connectivity index is 2.97. The second kappa shape index (κ2) is 8.23. The third-order valence-electron chi connectivity index (χ3n) is 2.64. The fraction of sp³-hybridized carbons (Fsp3) is 0.769. The highest BCUT2D eigenvalue weighted by Crippen LogP contribution is 2.30. The molecule has 120 valence electrons. The molecule has 0 aromatic carbocycles. The number of ether oxygens (including phenoxy) is 4. The van der Waals surface area contributed by atoms with Crippen molar-refractivity contribution in [3.8, 4) is 0 Å². The molecule has 0 amide bonds. The summed E-state index contributed by atoms with van der Waals surface area (Å²) in [6, 6.07) is 0. The van der Waals surface area contributed by atoms with Gasteiger partial charge < -0.3 is 18.9 Å². The number of rotatable bonds is 5. The van der Waals surface area contributed by atoms with Gasteiger partial charge in [-0.05, 0) is 5.75 Å². The molecular formula is C13H20O7S. The predicted octanol–water partition coefficient (Wildman–Crippen LogP) is 0.891. The molecule has 0 saturated carbocycles. The van der Waals surface area contributed by atoms with Crippen LogP contribution in [-0.2, 0) is 33.3 Å². The molecule has 1 rings (SSSR count). The summed E-state index contributed by atoms with van der Waals surface area (Å²) in [5.74, 6) is -0.862. The number of esters is 3. The lowest BCUT2D eigenvalue weighted by Gasteiger charge is -2.40. The molecule has 1 aliphatic heterocycles. The van der Waals surface area contributed by atoms with Crippen molar-refractivity contribution >= 4 is 29.7 Å². The molecule has 1 heterocycles. The molecule has 8 heteroatoms. The van der Waals surface area contributed by atoms with E-state index in [-0.39, 0.29) is 6.61 Å². The first kappa shape index (κ1) is 17.8. The van der Waals surface area contributed by atoms with E-state index in [0.717, 1.165) is 5.75 Å². The van der Waals surface area contributed by atoms with Crippen LogP contribution in [-0.4, -0.2) is 54.0 Å². The van der Waals surface area contributed by atoms with Gasteiger partial charge in [0.05, 0.1) is 6.61 Å². The maximum absolute atomic E-state index is 11.3. The molecule has 0 unspecified atom stereocenters. The number of hydrogen-bond acceptors (Lipinski definition) is 8. The Labute approximate surface area is 127 Å². The van der Waals surface area contributed by atoms with Crippen LogP contribution in [0, 0.1) is 0 Å². The molecule has 0 radical (unpaired) electrons. The first-order valence-electron chi connectivity index (χ1n) is 6.60. The smallest absolute Gasteiger partial charge is 0.303 e. The second-order valence-corrected chi connectivity index (χ2v) is 5.83. The first-order valence-corrected chi connectivity index (χ1v) is 7.64. The Hall–Kier alpha value is -1.28. The lowest BCUT2D eigenvalue weighted by Crippen LogP contribution is -2.56. The van der Waals surface area contributed by atoms with Crippen LogP contribution in [0.4, 0.5) is 0 Å². The van der Waals surface area contributed by atoms with Gasteiger partial charge in [-0.25, -0.2) is 0 Å². The fourth-order valence-electron chi connectivity index (χ4n) is 2.02. The summed E-state index contributed by atoms with van der Waals surface area (Å²) in [6.45, 7) is 5.75. The molecule has 0 aromatic heterocycles. The van der Waals surface area contributed by atoms with E-state index in [1.165, 1.54) is 32.5 Å². The Morgan fingerprint density at radius 2 is 1.52 bits per heavy atom. The van der Waals surface area contributed by atoms with Gasteiger partial charge in [-0.15, -0.1) is 11.8 Å². The highest BCUT2D eigenvalue weighted by molar-refractivity contribution is 7.99. The minimum atomic E-state index is -0.881. The average molecular weight is 320 g/mol. The van der Waals surface area contributed by atoms with Crippen LogP contribution in [0.2, 0.25) is 0 Å². The van der Waals surface area contributed by atoms with Gasteiger partial charge in [-0.2, -0.15) is 0 Å². The van der Waals surface area contributed by atoms with E-state index < -0.39 is 41.7 Å². The van der Waals surface area contributed by atoms with Crippen LogP contribution in [0.5, 0.6) is 0 Å². The number of hydrogen-bond donors (Lipinski definition) is 0. The summed E-state index contributed by atoms with van der Waals surface area (Å²) in [5.41, 5.74) is -0.477. The zero-order chi connectivity index (χ0) is 16.0. The third-order valence-corrected chi connectivity index (χ3v) is 3.70. The molecule has 0 aromatic rings. The Bertz CT molecular complexity index is 398. The van der Waals surface area contributed by atoms with Crippen molar-refractivity contribution in [2.24, 2.45) is 0 Å². The highest BCUT2D eigenvalue weighted by atomic mass is 32.2. The van der Waals surface area contributed by atoms with E-state index in [0.29, 0.717) is 0 Å². The zero-order valence-electron chi connectivity index (χ0n) is 12.5. The molecule has 0 N–H and O–H groups in total. The van der Waals surface area contributed by atoms with Crippen molar-refractivity contribution in [2.45, 2.75) is 51.4 Å². The molecule has 0 aliphatic carbocycles. The lowest BCUT2D eigenvalue weighted by molar-refractivity contribution is -0.213. The van der Waals surface area contributed by atoms with Gasteiger partial charge >= 0.3 is 17.9 Å². The highest BCUT2D eigenvalue weighted by Gasteiger charge is 2.46. The summed E-state index contributed by atoms with van der Waals surface area (Å²) < 4.78 is 21.1. The number of carbonyl (C=O) groups excluding carboxylic acids is 3. The molecular weight excluding hydrogens is 300 g/mol. The van der Waals surface area contributed by atoms with Crippen LogP contribution in [0.3, 0.4) is 0 Å². The summed E-state index contributed by atoms with van der Waals surface area (Å²) in [4.78, 5) is 33.7. The Kier molecular flexibility index (Phi) is 6.97. The maximum atomic E-state index is 11.3. The van der Waals surface area contributed by atoms with Crippen molar-refractivity contribution in [2.75, 3.05) is 12.4 Å². The largest absolute Gasteiger partial charge is 0.456 e. The summed E-state index contributed by atoms with van der Waals surface area (Å²) in [5, 5.41) is 0. The van der Waals surface area contributed by atoms with E-state index in [9.17, 15) is 14.4 Å². The predicted molar refractivity (Wildman–Crippen MR) is 74.5 cm³/mol. The molecule has 1 saturated heterocycles. The van der Waals surface area contributed by atoms with Crippen molar-refractivity contribution in [3.63, 3.8) is 0 Å². The van der Waals surface area contributed by atoms with E-state index in [1.54, 1.807) is 0 Å². The van der Waals surface area contributed by atoms with Crippen LogP contribution in [0.1, 0.15) is 27.7 Å². The van der Waals surface area contributed by atoms with Gasteiger partial charge in [0.15, 0.2) is 18.3 Å². The minimum Gasteiger partial charge on any atom is -0.456 e. The molecule has 0 bridgehead atoms. The topological polar surface area (TPSA) is 88.1 Å². The van der Waals surface area contributed by atoms with E-state index >= 15 is 0 Å². The zero-order valence-corrected chi connectivity index (χ0v) is 13.3. The lowest BCUT2D eigenvalue weighted by atomic mass is 10.1. The quantitative estimate of drug-likeness (QED) is 0.545. The van der Waals surface area contributed by atoms with Crippen LogP contribution in [0.15, 0.2) is 0 Å². The standard InChI is InChI=1S/C13H20O7S/c1-5-21-13-12(20-9(4)16)11(19-8(3)15)10(6-17-13)18-7(2)14/h10-13H,5-6H2,1-4H3/t10-,11+,12-,13+/m1/s1. The van der Waals surface area contributed by atoms with Crippen molar-refractivity contribution in [1.82, 2.24) is 0 Å². The minimum absolute atomic E-state index is 0.0763. The molecule has 1 aliphatic rings. The monoisotopic (exact) mass is 320 g/mol. The van der Waals surface area contributed by atoms with Gasteiger partial charge in [0, 0.05) is 20.8 Å². The normalized spacial score (nSPS) is 28.6. The summed E-state index contributed by atoms with van der Waals surface area (Å²) >= 11 is 1.42. The molecule has 21 heavy (non-hydrogen) atoms. The van der Waals surface area contributed by atoms with Crippen molar-refractivity contribution in [3.05, 3.63) is 0 Å². The third kappa shape index (κ3) is 5.55. The summed E-state index contributed by atoms with van der Waals surface area (Å²) in [6.07, 6.45) is -2.51. The van der Waals surface area contributed by atoms with E-state index in [4.69, 9.17) is 18.9 Å². The Morgan fingerprint density at radius 1 is 1.00 bits per heavy atom. The molecule has 0 spiro atoms. The molecule has 1 fully saturated rings. The number of carbonyl (C=O) groups is 3. The van der Waals surface area contributed by atoms with Crippen LogP contribution >= 0.6 is 11.8 Å². The molecule has 7 nitrogen and oxygen atoms in total. The Morgan fingerprint density at radius 3 is 2.00 bits per heavy atom. The molecule has 4 atom stereocenters. The SMILES string of the molecule is CCS[C@@H]1OC[C@@H](OC(C)=O)[C@H](OC(C)=O)[C@H]1OC(C)=O. The maximum Gasteiger partial charge on any atom is 0.303 e. The average Bonchev–Trinajstić information content (AvgIpc) is 2.35.